The predicted molar refractivity (Wildman–Crippen MR) is 99.5 cm³/mol. The molecule has 5 heteroatoms. The molecule has 0 spiro atoms. The zero-order valence-electron chi connectivity index (χ0n) is 15.4. The summed E-state index contributed by atoms with van der Waals surface area (Å²) in [6.07, 6.45) is 2.16. The highest BCUT2D eigenvalue weighted by Gasteiger charge is 2.51. The number of rotatable bonds is 3. The molecule has 0 aromatic heterocycles. The van der Waals surface area contributed by atoms with Gasteiger partial charge in [0.05, 0.1) is 5.60 Å². The second-order valence-electron chi connectivity index (χ2n) is 7.68. The van der Waals surface area contributed by atoms with E-state index in [1.54, 1.807) is 24.0 Å². The van der Waals surface area contributed by atoms with Crippen LogP contribution in [0.4, 0.5) is 9.18 Å². The number of piperidine rings is 1. The molecule has 1 N–H and O–H groups in total. The van der Waals surface area contributed by atoms with E-state index in [4.69, 9.17) is 4.74 Å². The largest absolute Gasteiger partial charge is 0.445 e. The first-order valence-electron chi connectivity index (χ1n) is 9.45. The Bertz CT molecular complexity index is 825. The number of halogens is 1. The average molecular weight is 369 g/mol. The van der Waals surface area contributed by atoms with E-state index < -0.39 is 5.60 Å². The zero-order chi connectivity index (χ0) is 19.0. The van der Waals surface area contributed by atoms with Gasteiger partial charge in [-0.05, 0) is 42.5 Å². The van der Waals surface area contributed by atoms with Crippen molar-refractivity contribution in [3.8, 4) is 0 Å². The van der Waals surface area contributed by atoms with Crippen LogP contribution >= 0.6 is 0 Å². The predicted octanol–water partition coefficient (Wildman–Crippen LogP) is 4.29. The maximum Gasteiger partial charge on any atom is 0.410 e. The molecular weight excluding hydrogens is 345 g/mol. The minimum Gasteiger partial charge on any atom is -0.445 e. The van der Waals surface area contributed by atoms with E-state index in [1.165, 1.54) is 6.07 Å². The number of carbonyl (C=O) groups is 1. The van der Waals surface area contributed by atoms with Gasteiger partial charge in [0.25, 0.3) is 0 Å². The Hall–Kier alpha value is -2.40. The summed E-state index contributed by atoms with van der Waals surface area (Å²) in [4.78, 5) is 14.4. The molecule has 2 unspecified atom stereocenters. The SMILES string of the molecule is Cc1c(F)cccc1C1(O)CC2CCC(C1)N2C(=O)OCc1ccccc1. The minimum absolute atomic E-state index is 0.0836. The molecule has 4 nitrogen and oxygen atoms in total. The van der Waals surface area contributed by atoms with E-state index in [9.17, 15) is 14.3 Å². The number of benzene rings is 2. The molecule has 4 rings (SSSR count). The van der Waals surface area contributed by atoms with E-state index >= 15 is 0 Å². The number of fused-ring (bicyclic) bond motifs is 2. The van der Waals surface area contributed by atoms with Gasteiger partial charge in [-0.3, -0.25) is 0 Å². The first-order valence-corrected chi connectivity index (χ1v) is 9.45. The maximum atomic E-state index is 14.0. The molecule has 1 amide bonds. The van der Waals surface area contributed by atoms with Gasteiger partial charge in [-0.2, -0.15) is 0 Å². The lowest BCUT2D eigenvalue weighted by atomic mass is 9.79. The fourth-order valence-electron chi connectivity index (χ4n) is 4.65. The van der Waals surface area contributed by atoms with Gasteiger partial charge in [0.2, 0.25) is 0 Å². The molecule has 0 radical (unpaired) electrons. The zero-order valence-corrected chi connectivity index (χ0v) is 15.4. The summed E-state index contributed by atoms with van der Waals surface area (Å²) in [5.41, 5.74) is 0.965. The lowest BCUT2D eigenvalue weighted by Crippen LogP contribution is -2.52. The molecule has 2 aromatic rings. The third-order valence-electron chi connectivity index (χ3n) is 5.95. The van der Waals surface area contributed by atoms with Crippen molar-refractivity contribution in [3.05, 3.63) is 71.0 Å². The van der Waals surface area contributed by atoms with Crippen LogP contribution in [0.5, 0.6) is 0 Å². The van der Waals surface area contributed by atoms with Gasteiger partial charge in [0, 0.05) is 24.9 Å². The van der Waals surface area contributed by atoms with Crippen LogP contribution in [-0.4, -0.2) is 28.2 Å². The smallest absolute Gasteiger partial charge is 0.410 e. The fourth-order valence-corrected chi connectivity index (χ4v) is 4.65. The quantitative estimate of drug-likeness (QED) is 0.878. The summed E-state index contributed by atoms with van der Waals surface area (Å²) in [5.74, 6) is -0.307. The van der Waals surface area contributed by atoms with Crippen molar-refractivity contribution in [2.24, 2.45) is 0 Å². The van der Waals surface area contributed by atoms with Crippen LogP contribution in [0.2, 0.25) is 0 Å². The number of nitrogens with zero attached hydrogens (tertiary/aromatic N) is 1. The van der Waals surface area contributed by atoms with Crippen LogP contribution in [0.3, 0.4) is 0 Å². The van der Waals surface area contributed by atoms with Gasteiger partial charge in [-0.25, -0.2) is 9.18 Å². The first-order chi connectivity index (χ1) is 13.0. The van der Waals surface area contributed by atoms with Crippen LogP contribution in [0, 0.1) is 12.7 Å². The second-order valence-corrected chi connectivity index (χ2v) is 7.68. The molecule has 27 heavy (non-hydrogen) atoms. The van der Waals surface area contributed by atoms with Gasteiger partial charge in [-0.15, -0.1) is 0 Å². The van der Waals surface area contributed by atoms with Crippen LogP contribution in [-0.2, 0) is 16.9 Å². The van der Waals surface area contributed by atoms with Crippen LogP contribution < -0.4 is 0 Å². The van der Waals surface area contributed by atoms with Gasteiger partial charge < -0.3 is 14.7 Å². The molecule has 0 saturated carbocycles. The molecule has 2 aliphatic heterocycles. The Morgan fingerprint density at radius 2 is 1.81 bits per heavy atom. The van der Waals surface area contributed by atoms with Crippen molar-refractivity contribution >= 4 is 6.09 Å². The van der Waals surface area contributed by atoms with Gasteiger partial charge in [0.15, 0.2) is 0 Å². The molecule has 2 saturated heterocycles. The van der Waals surface area contributed by atoms with E-state index in [0.29, 0.717) is 24.0 Å². The summed E-state index contributed by atoms with van der Waals surface area (Å²) in [6, 6.07) is 14.3. The first kappa shape index (κ1) is 18.0. The van der Waals surface area contributed by atoms with Crippen molar-refractivity contribution in [1.29, 1.82) is 0 Å². The average Bonchev–Trinajstić information content (AvgIpc) is 2.95. The number of carbonyl (C=O) groups excluding carboxylic acids is 1. The monoisotopic (exact) mass is 369 g/mol. The summed E-state index contributed by atoms with van der Waals surface area (Å²) in [7, 11) is 0. The normalized spacial score (nSPS) is 26.9. The third-order valence-corrected chi connectivity index (χ3v) is 5.95. The molecular formula is C22H24FNO3. The lowest BCUT2D eigenvalue weighted by molar-refractivity contribution is -0.0542. The van der Waals surface area contributed by atoms with Gasteiger partial charge in [0.1, 0.15) is 12.4 Å². The van der Waals surface area contributed by atoms with Crippen molar-refractivity contribution in [2.75, 3.05) is 0 Å². The molecule has 2 bridgehead atoms. The molecule has 142 valence electrons. The fraction of sp³-hybridized carbons (Fsp3) is 0.409. The minimum atomic E-state index is -1.10. The molecule has 2 aliphatic rings. The van der Waals surface area contributed by atoms with E-state index in [0.717, 1.165) is 18.4 Å². The summed E-state index contributed by atoms with van der Waals surface area (Å²) in [5, 5.41) is 11.3. The maximum absolute atomic E-state index is 14.0. The standard InChI is InChI=1S/C22H24FNO3/c1-15-19(8-5-9-20(15)23)22(26)12-17-10-11-18(13-22)24(17)21(25)27-14-16-6-3-2-4-7-16/h2-9,17-18,26H,10-14H2,1H3. The van der Waals surface area contributed by atoms with Crippen LogP contribution in [0.25, 0.3) is 0 Å². The molecule has 0 aliphatic carbocycles. The number of amides is 1. The lowest BCUT2D eigenvalue weighted by Gasteiger charge is -2.43. The van der Waals surface area contributed by atoms with Crippen LogP contribution in [0.15, 0.2) is 48.5 Å². The van der Waals surface area contributed by atoms with E-state index in [-0.39, 0.29) is 30.6 Å². The van der Waals surface area contributed by atoms with E-state index in [2.05, 4.69) is 0 Å². The Labute approximate surface area is 158 Å². The van der Waals surface area contributed by atoms with Crippen molar-refractivity contribution in [3.63, 3.8) is 0 Å². The summed E-state index contributed by atoms with van der Waals surface area (Å²) in [6.45, 7) is 1.94. The van der Waals surface area contributed by atoms with Crippen LogP contribution in [0.1, 0.15) is 42.4 Å². The highest BCUT2D eigenvalue weighted by Crippen LogP contribution is 2.46. The third kappa shape index (κ3) is 3.32. The number of hydrogen-bond acceptors (Lipinski definition) is 3. The topological polar surface area (TPSA) is 49.8 Å². The Morgan fingerprint density at radius 1 is 1.15 bits per heavy atom. The Kier molecular flexibility index (Phi) is 4.64. The number of ether oxygens (including phenoxy) is 1. The second kappa shape index (κ2) is 6.97. The number of aliphatic hydroxyl groups is 1. The number of hydrogen-bond donors (Lipinski definition) is 1. The summed E-state index contributed by atoms with van der Waals surface area (Å²) < 4.78 is 19.5. The van der Waals surface area contributed by atoms with Gasteiger partial charge >= 0.3 is 6.09 Å². The van der Waals surface area contributed by atoms with E-state index in [1.807, 2.05) is 30.3 Å². The molecule has 2 fully saturated rings. The highest BCUT2D eigenvalue weighted by molar-refractivity contribution is 5.69. The Balaban J connectivity index is 1.49. The molecule has 2 aromatic carbocycles. The Morgan fingerprint density at radius 3 is 2.48 bits per heavy atom. The molecule has 2 atom stereocenters. The summed E-state index contributed by atoms with van der Waals surface area (Å²) >= 11 is 0. The molecule has 2 heterocycles. The van der Waals surface area contributed by atoms with Gasteiger partial charge in [-0.1, -0.05) is 42.5 Å². The van der Waals surface area contributed by atoms with Crippen molar-refractivity contribution < 1.29 is 19.0 Å². The van der Waals surface area contributed by atoms with Crippen molar-refractivity contribution in [2.45, 2.75) is 56.9 Å². The highest BCUT2D eigenvalue weighted by atomic mass is 19.1. The van der Waals surface area contributed by atoms with Crippen molar-refractivity contribution in [1.82, 2.24) is 4.90 Å².